The molecule has 128 valence electrons. The Kier molecular flexibility index (Phi) is 4.95. The molecule has 0 bridgehead atoms. The van der Waals surface area contributed by atoms with E-state index in [-0.39, 0.29) is 5.91 Å². The first-order chi connectivity index (χ1) is 12.1. The van der Waals surface area contributed by atoms with E-state index in [0.717, 1.165) is 16.8 Å². The largest absolute Gasteiger partial charge is 0.380 e. The number of nitrogens with zero attached hydrogens (tertiary/aromatic N) is 2. The van der Waals surface area contributed by atoms with Gasteiger partial charge in [0, 0.05) is 12.7 Å². The second kappa shape index (κ2) is 7.32. The average Bonchev–Trinajstić information content (AvgIpc) is 3.03. The number of carbonyl (C=O) groups excluding carboxylic acids is 1. The van der Waals surface area contributed by atoms with Crippen LogP contribution in [-0.2, 0) is 11.3 Å². The molecular weight excluding hydrogens is 314 g/mol. The van der Waals surface area contributed by atoms with Crippen molar-refractivity contribution in [3.05, 3.63) is 77.1 Å². The van der Waals surface area contributed by atoms with Gasteiger partial charge in [0.05, 0.1) is 30.4 Å². The fourth-order valence-electron chi connectivity index (χ4n) is 2.75. The van der Waals surface area contributed by atoms with Crippen molar-refractivity contribution in [2.45, 2.75) is 20.5 Å². The minimum Gasteiger partial charge on any atom is -0.380 e. The van der Waals surface area contributed by atoms with Crippen LogP contribution < -0.4 is 5.32 Å². The third kappa shape index (κ3) is 3.95. The van der Waals surface area contributed by atoms with Crippen LogP contribution in [0.25, 0.3) is 5.69 Å². The molecule has 0 saturated carbocycles. The van der Waals surface area contributed by atoms with Crippen molar-refractivity contribution in [2.75, 3.05) is 12.4 Å². The number of methoxy groups -OCH3 is 1. The van der Waals surface area contributed by atoms with Crippen molar-refractivity contribution in [1.82, 2.24) is 9.78 Å². The Morgan fingerprint density at radius 3 is 2.80 bits per heavy atom. The van der Waals surface area contributed by atoms with Crippen LogP contribution in [0.4, 0.5) is 5.69 Å². The van der Waals surface area contributed by atoms with E-state index in [1.807, 2.05) is 43.5 Å². The molecule has 5 nitrogen and oxygen atoms in total. The second-order valence-electron chi connectivity index (χ2n) is 6.05. The van der Waals surface area contributed by atoms with Crippen molar-refractivity contribution in [2.24, 2.45) is 0 Å². The summed E-state index contributed by atoms with van der Waals surface area (Å²) in [5, 5.41) is 7.24. The van der Waals surface area contributed by atoms with Gasteiger partial charge in [-0.2, -0.15) is 5.10 Å². The van der Waals surface area contributed by atoms with E-state index in [4.69, 9.17) is 4.74 Å². The van der Waals surface area contributed by atoms with Crippen LogP contribution in [0.2, 0.25) is 0 Å². The van der Waals surface area contributed by atoms with Crippen LogP contribution in [0.1, 0.15) is 27.0 Å². The number of ether oxygens (including phenoxy) is 1. The van der Waals surface area contributed by atoms with Gasteiger partial charge in [-0.3, -0.25) is 4.79 Å². The quantitative estimate of drug-likeness (QED) is 0.769. The Balaban J connectivity index is 1.77. The lowest BCUT2D eigenvalue weighted by molar-refractivity contribution is 0.102. The monoisotopic (exact) mass is 335 g/mol. The van der Waals surface area contributed by atoms with E-state index in [9.17, 15) is 4.79 Å². The molecule has 0 spiro atoms. The molecule has 1 amide bonds. The molecule has 25 heavy (non-hydrogen) atoms. The highest BCUT2D eigenvalue weighted by molar-refractivity contribution is 6.04. The standard InChI is InChI=1S/C20H21N3O2/c1-14-7-8-19(15(2)9-14)23-12-18(11-21-23)22-20(24)17-6-4-5-16(10-17)13-25-3/h4-12H,13H2,1-3H3,(H,22,24). The van der Waals surface area contributed by atoms with E-state index in [0.29, 0.717) is 17.9 Å². The first kappa shape index (κ1) is 16.9. The number of benzene rings is 2. The molecule has 0 fully saturated rings. The fourth-order valence-corrected chi connectivity index (χ4v) is 2.75. The fraction of sp³-hybridized carbons (Fsp3) is 0.200. The maximum absolute atomic E-state index is 12.4. The molecule has 0 saturated heterocycles. The van der Waals surface area contributed by atoms with E-state index >= 15 is 0 Å². The number of anilines is 1. The smallest absolute Gasteiger partial charge is 0.255 e. The third-order valence-electron chi connectivity index (χ3n) is 3.94. The maximum Gasteiger partial charge on any atom is 0.255 e. The van der Waals surface area contributed by atoms with Gasteiger partial charge in [0.2, 0.25) is 0 Å². The molecule has 0 aliphatic carbocycles. The van der Waals surface area contributed by atoms with Gasteiger partial charge in [0.15, 0.2) is 0 Å². The lowest BCUT2D eigenvalue weighted by Crippen LogP contribution is -2.11. The van der Waals surface area contributed by atoms with Crippen LogP contribution in [-0.4, -0.2) is 22.8 Å². The van der Waals surface area contributed by atoms with Gasteiger partial charge in [-0.15, -0.1) is 0 Å². The van der Waals surface area contributed by atoms with Crippen LogP contribution in [0.15, 0.2) is 54.9 Å². The molecule has 0 aliphatic rings. The summed E-state index contributed by atoms with van der Waals surface area (Å²) in [6, 6.07) is 13.6. The first-order valence-electron chi connectivity index (χ1n) is 8.08. The Hall–Kier alpha value is -2.92. The molecule has 0 unspecified atom stereocenters. The zero-order valence-corrected chi connectivity index (χ0v) is 14.6. The van der Waals surface area contributed by atoms with Gasteiger partial charge in [0.25, 0.3) is 5.91 Å². The summed E-state index contributed by atoms with van der Waals surface area (Å²) in [6.45, 7) is 4.58. The lowest BCUT2D eigenvalue weighted by Gasteiger charge is -2.07. The molecule has 3 aromatic rings. The predicted octanol–water partition coefficient (Wildman–Crippen LogP) is 3.89. The summed E-state index contributed by atoms with van der Waals surface area (Å²) < 4.78 is 6.88. The zero-order valence-electron chi connectivity index (χ0n) is 14.6. The van der Waals surface area contributed by atoms with Gasteiger partial charge in [0.1, 0.15) is 0 Å². The van der Waals surface area contributed by atoms with E-state index < -0.39 is 0 Å². The van der Waals surface area contributed by atoms with Gasteiger partial charge >= 0.3 is 0 Å². The predicted molar refractivity (Wildman–Crippen MR) is 98.1 cm³/mol. The van der Waals surface area contributed by atoms with Gasteiger partial charge in [-0.05, 0) is 43.2 Å². The lowest BCUT2D eigenvalue weighted by atomic mass is 10.1. The molecule has 0 aliphatic heterocycles. The summed E-state index contributed by atoms with van der Waals surface area (Å²) in [7, 11) is 1.63. The number of amides is 1. The van der Waals surface area contributed by atoms with Gasteiger partial charge < -0.3 is 10.1 Å². The maximum atomic E-state index is 12.4. The normalized spacial score (nSPS) is 10.7. The Morgan fingerprint density at radius 2 is 2.04 bits per heavy atom. The van der Waals surface area contributed by atoms with E-state index in [2.05, 4.69) is 23.4 Å². The summed E-state index contributed by atoms with van der Waals surface area (Å²) in [5.41, 5.74) is 5.54. The minimum atomic E-state index is -0.168. The van der Waals surface area contributed by atoms with E-state index in [1.54, 1.807) is 24.1 Å². The summed E-state index contributed by atoms with van der Waals surface area (Å²) in [4.78, 5) is 12.4. The van der Waals surface area contributed by atoms with Crippen LogP contribution in [0, 0.1) is 13.8 Å². The SMILES string of the molecule is COCc1cccc(C(=O)Nc2cnn(-c3ccc(C)cc3C)c2)c1. The molecular formula is C20H21N3O2. The molecule has 0 radical (unpaired) electrons. The van der Waals surface area contributed by atoms with Crippen molar-refractivity contribution in [1.29, 1.82) is 0 Å². The van der Waals surface area contributed by atoms with Crippen molar-refractivity contribution < 1.29 is 9.53 Å². The van der Waals surface area contributed by atoms with Crippen molar-refractivity contribution in [3.8, 4) is 5.69 Å². The first-order valence-corrected chi connectivity index (χ1v) is 8.08. The number of carbonyl (C=O) groups is 1. The minimum absolute atomic E-state index is 0.168. The topological polar surface area (TPSA) is 56.1 Å². The molecule has 2 aromatic carbocycles. The highest BCUT2D eigenvalue weighted by Crippen LogP contribution is 2.18. The second-order valence-corrected chi connectivity index (χ2v) is 6.05. The average molecular weight is 335 g/mol. The Bertz CT molecular complexity index is 899. The Morgan fingerprint density at radius 1 is 1.20 bits per heavy atom. The van der Waals surface area contributed by atoms with Crippen molar-refractivity contribution in [3.63, 3.8) is 0 Å². The number of hydrogen-bond acceptors (Lipinski definition) is 3. The van der Waals surface area contributed by atoms with Crippen LogP contribution in [0.3, 0.4) is 0 Å². The highest BCUT2D eigenvalue weighted by Gasteiger charge is 2.10. The number of aromatic nitrogens is 2. The summed E-state index contributed by atoms with van der Waals surface area (Å²) in [6.07, 6.45) is 3.46. The Labute approximate surface area is 147 Å². The third-order valence-corrected chi connectivity index (χ3v) is 3.94. The number of aryl methyl sites for hydroxylation is 2. The molecule has 1 N–H and O–H groups in total. The van der Waals surface area contributed by atoms with Crippen molar-refractivity contribution >= 4 is 11.6 Å². The molecule has 1 heterocycles. The molecule has 5 heteroatoms. The van der Waals surface area contributed by atoms with Gasteiger partial charge in [-0.1, -0.05) is 29.8 Å². The van der Waals surface area contributed by atoms with Crippen LogP contribution in [0.5, 0.6) is 0 Å². The summed E-state index contributed by atoms with van der Waals surface area (Å²) >= 11 is 0. The number of nitrogens with one attached hydrogen (secondary N) is 1. The number of hydrogen-bond donors (Lipinski definition) is 1. The van der Waals surface area contributed by atoms with Crippen LogP contribution >= 0.6 is 0 Å². The summed E-state index contributed by atoms with van der Waals surface area (Å²) in [5.74, 6) is -0.168. The molecule has 1 aromatic heterocycles. The highest BCUT2D eigenvalue weighted by atomic mass is 16.5. The number of rotatable bonds is 5. The molecule has 3 rings (SSSR count). The zero-order chi connectivity index (χ0) is 17.8. The van der Waals surface area contributed by atoms with Gasteiger partial charge in [-0.25, -0.2) is 4.68 Å². The molecule has 0 atom stereocenters. The van der Waals surface area contributed by atoms with E-state index in [1.165, 1.54) is 5.56 Å².